The first-order chi connectivity index (χ1) is 9.87. The van der Waals surface area contributed by atoms with Gasteiger partial charge in [-0.2, -0.15) is 5.10 Å². The Morgan fingerprint density at radius 2 is 2.19 bits per heavy atom. The van der Waals surface area contributed by atoms with Gasteiger partial charge < -0.3 is 5.11 Å². The van der Waals surface area contributed by atoms with Crippen LogP contribution in [0, 0.1) is 5.82 Å². The SMILES string of the molecule is CCn1cc(NS(=O)(=O)c2cc(Br)cc(CO)c2F)cn1. The van der Waals surface area contributed by atoms with Crippen LogP contribution in [0.15, 0.2) is 33.9 Å². The topological polar surface area (TPSA) is 84.2 Å². The Morgan fingerprint density at radius 1 is 1.48 bits per heavy atom. The second kappa shape index (κ2) is 6.12. The molecule has 0 atom stereocenters. The number of nitrogens with zero attached hydrogens (tertiary/aromatic N) is 2. The van der Waals surface area contributed by atoms with E-state index in [0.717, 1.165) is 6.07 Å². The van der Waals surface area contributed by atoms with Crippen LogP contribution in [-0.2, 0) is 23.2 Å². The smallest absolute Gasteiger partial charge is 0.264 e. The van der Waals surface area contributed by atoms with Crippen molar-refractivity contribution in [1.29, 1.82) is 0 Å². The average molecular weight is 378 g/mol. The zero-order chi connectivity index (χ0) is 15.6. The number of hydrogen-bond donors (Lipinski definition) is 2. The lowest BCUT2D eigenvalue weighted by Gasteiger charge is -2.10. The Balaban J connectivity index is 2.42. The number of aliphatic hydroxyl groups is 1. The van der Waals surface area contributed by atoms with E-state index >= 15 is 0 Å². The van der Waals surface area contributed by atoms with Crippen molar-refractivity contribution in [3.05, 3.63) is 40.4 Å². The molecule has 0 fully saturated rings. The van der Waals surface area contributed by atoms with Crippen LogP contribution in [-0.4, -0.2) is 23.3 Å². The van der Waals surface area contributed by atoms with Crippen molar-refractivity contribution < 1.29 is 17.9 Å². The lowest BCUT2D eigenvalue weighted by Crippen LogP contribution is -2.15. The number of aliphatic hydroxyl groups excluding tert-OH is 1. The molecule has 0 unspecified atom stereocenters. The highest BCUT2D eigenvalue weighted by Crippen LogP contribution is 2.25. The van der Waals surface area contributed by atoms with Gasteiger partial charge in [-0.15, -0.1) is 0 Å². The summed E-state index contributed by atoms with van der Waals surface area (Å²) in [6.45, 7) is 1.84. The Hall–Kier alpha value is -1.45. The number of aromatic nitrogens is 2. The number of halogens is 2. The number of benzene rings is 1. The standard InChI is InChI=1S/C12H13BrFN3O3S/c1-2-17-6-10(5-15-17)16-21(19,20)11-4-9(13)3-8(7-18)12(11)14/h3-6,16,18H,2,7H2,1H3. The number of nitrogens with one attached hydrogen (secondary N) is 1. The van der Waals surface area contributed by atoms with Crippen LogP contribution < -0.4 is 4.72 Å². The van der Waals surface area contributed by atoms with Gasteiger partial charge >= 0.3 is 0 Å². The second-order valence-corrected chi connectivity index (χ2v) is 6.79. The predicted octanol–water partition coefficient (Wildman–Crippen LogP) is 2.10. The van der Waals surface area contributed by atoms with E-state index in [4.69, 9.17) is 5.11 Å². The Labute approximate surface area is 129 Å². The van der Waals surface area contributed by atoms with Crippen LogP contribution >= 0.6 is 15.9 Å². The summed E-state index contributed by atoms with van der Waals surface area (Å²) >= 11 is 3.09. The van der Waals surface area contributed by atoms with Crippen LogP contribution in [0.4, 0.5) is 10.1 Å². The fraction of sp³-hybridized carbons (Fsp3) is 0.250. The summed E-state index contributed by atoms with van der Waals surface area (Å²) in [7, 11) is -4.11. The van der Waals surface area contributed by atoms with Crippen molar-refractivity contribution >= 4 is 31.6 Å². The van der Waals surface area contributed by atoms with Crippen molar-refractivity contribution in [1.82, 2.24) is 9.78 Å². The predicted molar refractivity (Wildman–Crippen MR) is 78.7 cm³/mol. The first kappa shape index (κ1) is 15.9. The van der Waals surface area contributed by atoms with E-state index < -0.39 is 27.3 Å². The first-order valence-corrected chi connectivity index (χ1v) is 8.29. The van der Waals surface area contributed by atoms with Crippen LogP contribution in [0.2, 0.25) is 0 Å². The van der Waals surface area contributed by atoms with E-state index in [2.05, 4.69) is 25.8 Å². The van der Waals surface area contributed by atoms with Gasteiger partial charge in [0, 0.05) is 22.8 Å². The minimum Gasteiger partial charge on any atom is -0.392 e. The van der Waals surface area contributed by atoms with E-state index in [-0.39, 0.29) is 11.3 Å². The molecule has 6 nitrogen and oxygen atoms in total. The summed E-state index contributed by atoms with van der Waals surface area (Å²) < 4.78 is 42.8. The molecule has 2 aromatic rings. The summed E-state index contributed by atoms with van der Waals surface area (Å²) in [5, 5.41) is 13.0. The number of rotatable bonds is 5. The third-order valence-electron chi connectivity index (χ3n) is 2.75. The second-order valence-electron chi connectivity index (χ2n) is 4.23. The molecule has 0 aliphatic heterocycles. The van der Waals surface area contributed by atoms with Gasteiger partial charge in [-0.25, -0.2) is 12.8 Å². The van der Waals surface area contributed by atoms with Crippen molar-refractivity contribution in [3.63, 3.8) is 0 Å². The Morgan fingerprint density at radius 3 is 2.76 bits per heavy atom. The maximum atomic E-state index is 14.1. The van der Waals surface area contributed by atoms with Gasteiger partial charge in [0.05, 0.1) is 18.5 Å². The highest BCUT2D eigenvalue weighted by molar-refractivity contribution is 9.10. The zero-order valence-corrected chi connectivity index (χ0v) is 13.4. The zero-order valence-electron chi connectivity index (χ0n) is 11.0. The van der Waals surface area contributed by atoms with Gasteiger partial charge in [0.15, 0.2) is 0 Å². The summed E-state index contributed by atoms with van der Waals surface area (Å²) in [5.74, 6) is -0.976. The fourth-order valence-electron chi connectivity index (χ4n) is 1.73. The Kier molecular flexibility index (Phi) is 4.64. The van der Waals surface area contributed by atoms with Crippen molar-refractivity contribution in [2.24, 2.45) is 0 Å². The molecule has 2 rings (SSSR count). The van der Waals surface area contributed by atoms with Crippen LogP contribution in [0.1, 0.15) is 12.5 Å². The highest BCUT2D eigenvalue weighted by atomic mass is 79.9. The van der Waals surface area contributed by atoms with Gasteiger partial charge in [-0.05, 0) is 19.1 Å². The summed E-state index contributed by atoms with van der Waals surface area (Å²) in [6, 6.07) is 2.46. The van der Waals surface area contributed by atoms with E-state index in [1.165, 1.54) is 23.1 Å². The summed E-state index contributed by atoms with van der Waals surface area (Å²) in [6.07, 6.45) is 2.84. The molecule has 0 saturated carbocycles. The molecule has 9 heteroatoms. The largest absolute Gasteiger partial charge is 0.392 e. The molecule has 0 radical (unpaired) electrons. The average Bonchev–Trinajstić information content (AvgIpc) is 2.87. The molecule has 21 heavy (non-hydrogen) atoms. The van der Waals surface area contributed by atoms with Crippen molar-refractivity contribution in [2.45, 2.75) is 25.0 Å². The molecule has 0 bridgehead atoms. The third kappa shape index (κ3) is 3.42. The van der Waals surface area contributed by atoms with Gasteiger partial charge in [-0.3, -0.25) is 9.40 Å². The lowest BCUT2D eigenvalue weighted by molar-refractivity contribution is 0.274. The summed E-state index contributed by atoms with van der Waals surface area (Å²) in [5.41, 5.74) is 0.135. The van der Waals surface area contributed by atoms with Gasteiger partial charge in [0.2, 0.25) is 0 Å². The number of sulfonamides is 1. The van der Waals surface area contributed by atoms with Crippen molar-refractivity contribution in [3.8, 4) is 0 Å². The van der Waals surface area contributed by atoms with Crippen LogP contribution in [0.3, 0.4) is 0 Å². The molecule has 1 aromatic heterocycles. The fourth-order valence-corrected chi connectivity index (χ4v) is 3.56. The normalized spacial score (nSPS) is 11.6. The van der Waals surface area contributed by atoms with E-state index in [1.54, 1.807) is 0 Å². The molecule has 0 aliphatic rings. The minimum absolute atomic E-state index is 0.103. The molecule has 0 amide bonds. The number of hydrogen-bond acceptors (Lipinski definition) is 4. The van der Waals surface area contributed by atoms with Gasteiger partial charge in [-0.1, -0.05) is 15.9 Å². The van der Waals surface area contributed by atoms with E-state index in [1.807, 2.05) is 6.92 Å². The molecule has 1 heterocycles. The molecule has 0 spiro atoms. The molecule has 0 saturated heterocycles. The van der Waals surface area contributed by atoms with E-state index in [0.29, 0.717) is 11.0 Å². The molecule has 1 aromatic carbocycles. The maximum absolute atomic E-state index is 14.1. The van der Waals surface area contributed by atoms with Gasteiger partial charge in [0.25, 0.3) is 10.0 Å². The van der Waals surface area contributed by atoms with Crippen LogP contribution in [0.25, 0.3) is 0 Å². The maximum Gasteiger partial charge on any atom is 0.264 e. The number of aryl methyl sites for hydroxylation is 1. The number of anilines is 1. The first-order valence-electron chi connectivity index (χ1n) is 6.01. The lowest BCUT2D eigenvalue weighted by atomic mass is 10.2. The molecular weight excluding hydrogens is 365 g/mol. The highest BCUT2D eigenvalue weighted by Gasteiger charge is 2.23. The van der Waals surface area contributed by atoms with Crippen molar-refractivity contribution in [2.75, 3.05) is 4.72 Å². The third-order valence-corrected chi connectivity index (χ3v) is 4.59. The molecule has 0 aliphatic carbocycles. The monoisotopic (exact) mass is 377 g/mol. The summed E-state index contributed by atoms with van der Waals surface area (Å²) in [4.78, 5) is -0.537. The quantitative estimate of drug-likeness (QED) is 0.835. The van der Waals surface area contributed by atoms with E-state index in [9.17, 15) is 12.8 Å². The van der Waals surface area contributed by atoms with Crippen LogP contribution in [0.5, 0.6) is 0 Å². The minimum atomic E-state index is -4.11. The molecule has 2 N–H and O–H groups in total. The van der Waals surface area contributed by atoms with Gasteiger partial charge in [0.1, 0.15) is 10.7 Å². The molecule has 114 valence electrons. The Bertz CT molecular complexity index is 761. The molecular formula is C12H13BrFN3O3S.